The first-order valence-corrected chi connectivity index (χ1v) is 10.0. The molecule has 1 unspecified atom stereocenters. The third-order valence-corrected chi connectivity index (χ3v) is 5.30. The predicted molar refractivity (Wildman–Crippen MR) is 114 cm³/mol. The molecule has 0 bridgehead atoms. The van der Waals surface area contributed by atoms with Crippen molar-refractivity contribution in [1.29, 1.82) is 0 Å². The maximum Gasteiger partial charge on any atom is 0.248 e. The largest absolute Gasteiger partial charge is 0.366 e. The van der Waals surface area contributed by atoms with E-state index in [1.54, 1.807) is 12.1 Å². The van der Waals surface area contributed by atoms with E-state index in [2.05, 4.69) is 4.98 Å². The third-order valence-electron chi connectivity index (χ3n) is 5.30. The molecular formula is C22H29N5O2. The van der Waals surface area contributed by atoms with E-state index in [1.807, 2.05) is 56.1 Å². The van der Waals surface area contributed by atoms with Crippen LogP contribution in [0.1, 0.15) is 48.7 Å². The first-order valence-electron chi connectivity index (χ1n) is 10.0. The number of piperidine rings is 1. The number of hydrogen-bond donors (Lipinski definition) is 1. The lowest BCUT2D eigenvalue weighted by atomic mass is 9.89. The molecule has 0 radical (unpaired) electrons. The van der Waals surface area contributed by atoms with Crippen molar-refractivity contribution in [2.24, 2.45) is 11.7 Å². The van der Waals surface area contributed by atoms with Gasteiger partial charge in [-0.15, -0.1) is 0 Å². The molecule has 2 amide bonds. The second-order valence-corrected chi connectivity index (χ2v) is 8.08. The van der Waals surface area contributed by atoms with E-state index < -0.39 is 5.91 Å². The molecule has 1 aliphatic rings. The second-order valence-electron chi connectivity index (χ2n) is 8.08. The minimum Gasteiger partial charge on any atom is -0.366 e. The zero-order valence-electron chi connectivity index (χ0n) is 17.6. The fraction of sp³-hybridized carbons (Fsp3) is 0.455. The van der Waals surface area contributed by atoms with Crippen molar-refractivity contribution in [3.8, 4) is 11.1 Å². The number of anilines is 1. The average molecular weight is 396 g/mol. The Balaban J connectivity index is 2.00. The normalized spacial score (nSPS) is 16.7. The molecule has 1 atom stereocenters. The van der Waals surface area contributed by atoms with Gasteiger partial charge < -0.3 is 15.5 Å². The van der Waals surface area contributed by atoms with Gasteiger partial charge in [0.25, 0.3) is 0 Å². The Labute approximate surface area is 171 Å². The van der Waals surface area contributed by atoms with Crippen LogP contribution in [0.15, 0.2) is 30.5 Å². The molecule has 1 aliphatic heterocycles. The zero-order chi connectivity index (χ0) is 21.1. The number of benzene rings is 1. The number of nitrogens with two attached hydrogens (primary N) is 1. The zero-order valence-corrected chi connectivity index (χ0v) is 17.6. The van der Waals surface area contributed by atoms with Crippen molar-refractivity contribution in [1.82, 2.24) is 14.9 Å². The van der Waals surface area contributed by atoms with Crippen LogP contribution in [0.2, 0.25) is 0 Å². The molecule has 1 fully saturated rings. The summed E-state index contributed by atoms with van der Waals surface area (Å²) in [6.45, 7) is 5.33. The number of nitrogens with zero attached hydrogens (tertiary/aromatic N) is 4. The number of carbonyl (C=O) groups excluding carboxylic acids is 2. The van der Waals surface area contributed by atoms with Gasteiger partial charge in [0.05, 0.1) is 5.69 Å². The molecular weight excluding hydrogens is 366 g/mol. The van der Waals surface area contributed by atoms with Crippen LogP contribution < -0.4 is 10.6 Å². The van der Waals surface area contributed by atoms with Gasteiger partial charge in [0.2, 0.25) is 17.8 Å². The molecule has 2 aromatic rings. The van der Waals surface area contributed by atoms with Crippen LogP contribution in [0.3, 0.4) is 0 Å². The number of rotatable bonds is 5. The Morgan fingerprint density at radius 1 is 1.21 bits per heavy atom. The van der Waals surface area contributed by atoms with Gasteiger partial charge in [-0.05, 0) is 30.5 Å². The fourth-order valence-corrected chi connectivity index (χ4v) is 3.71. The molecule has 0 aliphatic carbocycles. The summed E-state index contributed by atoms with van der Waals surface area (Å²) in [5.41, 5.74) is 8.63. The Hall–Kier alpha value is -2.96. The average Bonchev–Trinajstić information content (AvgIpc) is 2.72. The molecule has 0 saturated carbocycles. The lowest BCUT2D eigenvalue weighted by molar-refractivity contribution is -0.135. The molecule has 2 heterocycles. The van der Waals surface area contributed by atoms with Crippen LogP contribution in [-0.4, -0.2) is 53.9 Å². The van der Waals surface area contributed by atoms with Crippen molar-refractivity contribution >= 4 is 17.8 Å². The van der Waals surface area contributed by atoms with Gasteiger partial charge in [0.1, 0.15) is 0 Å². The number of aromatic nitrogens is 2. The highest BCUT2D eigenvalue weighted by molar-refractivity contribution is 5.93. The van der Waals surface area contributed by atoms with E-state index in [4.69, 9.17) is 10.7 Å². The van der Waals surface area contributed by atoms with Gasteiger partial charge in [-0.1, -0.05) is 26.0 Å². The highest BCUT2D eigenvalue weighted by atomic mass is 16.2. The van der Waals surface area contributed by atoms with Gasteiger partial charge in [0, 0.05) is 56.3 Å². The summed E-state index contributed by atoms with van der Waals surface area (Å²) in [6, 6.07) is 7.18. The summed E-state index contributed by atoms with van der Waals surface area (Å²) in [4.78, 5) is 37.1. The molecule has 1 aromatic heterocycles. The van der Waals surface area contributed by atoms with Gasteiger partial charge in [-0.3, -0.25) is 9.59 Å². The summed E-state index contributed by atoms with van der Waals surface area (Å²) in [7, 11) is 3.83. The SMILES string of the molecule is CC(C)C(=O)N1CCCC(c2nc(N(C)C)ncc2-c2ccc(C(N)=O)cc2)C1. The monoisotopic (exact) mass is 395 g/mol. The van der Waals surface area contributed by atoms with E-state index >= 15 is 0 Å². The number of carbonyl (C=O) groups is 2. The van der Waals surface area contributed by atoms with Crippen LogP contribution >= 0.6 is 0 Å². The molecule has 0 spiro atoms. The van der Waals surface area contributed by atoms with E-state index in [0.717, 1.165) is 36.2 Å². The summed E-state index contributed by atoms with van der Waals surface area (Å²) in [5, 5.41) is 0. The van der Waals surface area contributed by atoms with Crippen LogP contribution in [0.5, 0.6) is 0 Å². The molecule has 1 saturated heterocycles. The van der Waals surface area contributed by atoms with E-state index in [-0.39, 0.29) is 17.7 Å². The van der Waals surface area contributed by atoms with Gasteiger partial charge >= 0.3 is 0 Å². The van der Waals surface area contributed by atoms with Crippen LogP contribution in [0.25, 0.3) is 11.1 Å². The number of primary amides is 1. The van der Waals surface area contributed by atoms with Crippen molar-refractivity contribution in [3.05, 3.63) is 41.7 Å². The first-order chi connectivity index (χ1) is 13.8. The smallest absolute Gasteiger partial charge is 0.248 e. The standard InChI is InChI=1S/C22H29N5O2/c1-14(2)21(29)27-11-5-6-17(13-27)19-18(12-24-22(25-19)26(3)4)15-7-9-16(10-8-15)20(23)28/h7-10,12,14,17H,5-6,11,13H2,1-4H3,(H2,23,28). The van der Waals surface area contributed by atoms with E-state index in [9.17, 15) is 9.59 Å². The van der Waals surface area contributed by atoms with Gasteiger partial charge in [-0.2, -0.15) is 0 Å². The van der Waals surface area contributed by atoms with Gasteiger partial charge in [-0.25, -0.2) is 9.97 Å². The molecule has 3 rings (SSSR count). The minimum atomic E-state index is -0.453. The molecule has 7 heteroatoms. The predicted octanol–water partition coefficient (Wildman–Crippen LogP) is 2.67. The number of amides is 2. The quantitative estimate of drug-likeness (QED) is 0.840. The Bertz CT molecular complexity index is 893. The Kier molecular flexibility index (Phi) is 6.15. The summed E-state index contributed by atoms with van der Waals surface area (Å²) >= 11 is 0. The van der Waals surface area contributed by atoms with E-state index in [1.165, 1.54) is 0 Å². The van der Waals surface area contributed by atoms with Crippen LogP contribution in [-0.2, 0) is 4.79 Å². The molecule has 7 nitrogen and oxygen atoms in total. The van der Waals surface area contributed by atoms with Crippen LogP contribution in [0, 0.1) is 5.92 Å². The second kappa shape index (κ2) is 8.59. The topological polar surface area (TPSA) is 92.4 Å². The molecule has 29 heavy (non-hydrogen) atoms. The van der Waals surface area contributed by atoms with Crippen LogP contribution in [0.4, 0.5) is 5.95 Å². The third kappa shape index (κ3) is 4.55. The van der Waals surface area contributed by atoms with Gasteiger partial charge in [0.15, 0.2) is 0 Å². The fourth-order valence-electron chi connectivity index (χ4n) is 3.71. The molecule has 1 aromatic carbocycles. The van der Waals surface area contributed by atoms with Crippen molar-refractivity contribution in [2.75, 3.05) is 32.1 Å². The highest BCUT2D eigenvalue weighted by Gasteiger charge is 2.29. The number of likely N-dealkylation sites (tertiary alicyclic amines) is 1. The van der Waals surface area contributed by atoms with Crippen molar-refractivity contribution in [3.63, 3.8) is 0 Å². The van der Waals surface area contributed by atoms with Crippen molar-refractivity contribution < 1.29 is 9.59 Å². The maximum absolute atomic E-state index is 12.5. The lowest BCUT2D eigenvalue weighted by Gasteiger charge is -2.34. The summed E-state index contributed by atoms with van der Waals surface area (Å²) < 4.78 is 0. The van der Waals surface area contributed by atoms with Crippen molar-refractivity contribution in [2.45, 2.75) is 32.6 Å². The van der Waals surface area contributed by atoms with E-state index in [0.29, 0.717) is 18.1 Å². The highest BCUT2D eigenvalue weighted by Crippen LogP contribution is 2.34. The lowest BCUT2D eigenvalue weighted by Crippen LogP contribution is -2.41. The first kappa shape index (κ1) is 20.8. The number of hydrogen-bond acceptors (Lipinski definition) is 5. The Morgan fingerprint density at radius 3 is 2.48 bits per heavy atom. The summed E-state index contributed by atoms with van der Waals surface area (Å²) in [5.74, 6) is 0.496. The molecule has 2 N–H and O–H groups in total. The molecule has 154 valence electrons. The minimum absolute atomic E-state index is 0.0164. The maximum atomic E-state index is 12.5. The Morgan fingerprint density at radius 2 is 1.90 bits per heavy atom. The summed E-state index contributed by atoms with van der Waals surface area (Å²) in [6.07, 6.45) is 3.75.